The predicted octanol–water partition coefficient (Wildman–Crippen LogP) is 4.48. The van der Waals surface area contributed by atoms with Crippen LogP contribution in [0.15, 0.2) is 30.3 Å². The van der Waals surface area contributed by atoms with Gasteiger partial charge in [-0.2, -0.15) is 0 Å². The molecule has 0 atom stereocenters. The van der Waals surface area contributed by atoms with Crippen LogP contribution in [0, 0.1) is 0 Å². The van der Waals surface area contributed by atoms with Gasteiger partial charge in [-0.1, -0.05) is 33.6 Å². The van der Waals surface area contributed by atoms with Gasteiger partial charge in [-0.15, -0.1) is 0 Å². The summed E-state index contributed by atoms with van der Waals surface area (Å²) < 4.78 is 16.3. The third-order valence-electron chi connectivity index (χ3n) is 6.21. The van der Waals surface area contributed by atoms with Crippen molar-refractivity contribution in [2.45, 2.75) is 46.5 Å². The molecule has 1 aliphatic rings. The average Bonchev–Trinajstić information content (AvgIpc) is 3.35. The van der Waals surface area contributed by atoms with E-state index >= 15 is 0 Å². The van der Waals surface area contributed by atoms with E-state index in [-0.39, 0.29) is 18.6 Å². The second-order valence-electron chi connectivity index (χ2n) is 8.47. The summed E-state index contributed by atoms with van der Waals surface area (Å²) in [6, 6.07) is 8.69. The molecule has 2 N–H and O–H groups in total. The zero-order valence-corrected chi connectivity index (χ0v) is 21.2. The summed E-state index contributed by atoms with van der Waals surface area (Å²) in [7, 11) is 1.53. The molecule has 0 saturated carbocycles. The Kier molecular flexibility index (Phi) is 9.78. The maximum atomic E-state index is 13.0. The van der Waals surface area contributed by atoms with E-state index in [0.717, 1.165) is 50.9 Å². The number of methoxy groups -OCH3 is 1. The van der Waals surface area contributed by atoms with E-state index < -0.39 is 0 Å². The van der Waals surface area contributed by atoms with Crippen LogP contribution in [0.1, 0.15) is 66.3 Å². The normalized spacial score (nSPS) is 12.0. The van der Waals surface area contributed by atoms with E-state index in [4.69, 9.17) is 14.2 Å². The number of fused-ring (bicyclic) bond motifs is 1. The molecule has 0 spiro atoms. The molecule has 0 radical (unpaired) electrons. The van der Waals surface area contributed by atoms with E-state index in [0.29, 0.717) is 40.6 Å². The third-order valence-corrected chi connectivity index (χ3v) is 6.21. The molecule has 3 rings (SSSR count). The fraction of sp³-hybridized carbons (Fsp3) is 0.481. The number of likely N-dealkylation sites (N-methyl/N-ethyl adjacent to an activating group) is 1. The van der Waals surface area contributed by atoms with Crippen molar-refractivity contribution in [1.82, 2.24) is 10.2 Å². The first-order chi connectivity index (χ1) is 17.0. The molecule has 190 valence electrons. The zero-order chi connectivity index (χ0) is 25.2. The molecule has 0 saturated heterocycles. The Balaban J connectivity index is 1.81. The number of carbonyl (C=O) groups excluding carboxylic acids is 2. The number of hydrogen-bond donors (Lipinski definition) is 2. The molecular formula is C27H37N3O5. The molecule has 8 heteroatoms. The van der Waals surface area contributed by atoms with Gasteiger partial charge in [0, 0.05) is 30.4 Å². The van der Waals surface area contributed by atoms with Crippen LogP contribution in [0.2, 0.25) is 0 Å². The fourth-order valence-electron chi connectivity index (χ4n) is 4.05. The van der Waals surface area contributed by atoms with Gasteiger partial charge in [0.1, 0.15) is 5.75 Å². The minimum atomic E-state index is -0.265. The lowest BCUT2D eigenvalue weighted by Gasteiger charge is -2.19. The van der Waals surface area contributed by atoms with Gasteiger partial charge in [-0.3, -0.25) is 9.59 Å². The number of nitrogens with one attached hydrogen (secondary N) is 2. The summed E-state index contributed by atoms with van der Waals surface area (Å²) >= 11 is 0. The first-order valence-electron chi connectivity index (χ1n) is 12.4. The summed E-state index contributed by atoms with van der Waals surface area (Å²) in [5, 5.41) is 6.01. The maximum Gasteiger partial charge on any atom is 0.255 e. The number of aryl methyl sites for hydroxylation is 1. The van der Waals surface area contributed by atoms with Crippen molar-refractivity contribution in [2.24, 2.45) is 0 Å². The van der Waals surface area contributed by atoms with Crippen molar-refractivity contribution in [1.29, 1.82) is 0 Å². The lowest BCUT2D eigenvalue weighted by atomic mass is 10.0. The van der Waals surface area contributed by atoms with E-state index in [1.165, 1.54) is 7.11 Å². The summed E-state index contributed by atoms with van der Waals surface area (Å²) in [4.78, 5) is 28.3. The monoisotopic (exact) mass is 483 g/mol. The molecular weight excluding hydrogens is 446 g/mol. The van der Waals surface area contributed by atoms with Gasteiger partial charge in [-0.25, -0.2) is 0 Å². The van der Waals surface area contributed by atoms with E-state index in [1.54, 1.807) is 24.3 Å². The number of rotatable bonds is 13. The molecule has 1 aliphatic heterocycles. The second-order valence-corrected chi connectivity index (χ2v) is 8.47. The first kappa shape index (κ1) is 26.3. The fourth-order valence-corrected chi connectivity index (χ4v) is 4.05. The Morgan fingerprint density at radius 3 is 2.49 bits per heavy atom. The number of anilines is 1. The van der Waals surface area contributed by atoms with Gasteiger partial charge in [0.25, 0.3) is 11.8 Å². The molecule has 0 aromatic heterocycles. The van der Waals surface area contributed by atoms with Crippen LogP contribution in [0.25, 0.3) is 0 Å². The molecule has 2 aromatic carbocycles. The van der Waals surface area contributed by atoms with Gasteiger partial charge in [-0.05, 0) is 55.8 Å². The van der Waals surface area contributed by atoms with Crippen molar-refractivity contribution in [3.63, 3.8) is 0 Å². The Morgan fingerprint density at radius 2 is 1.77 bits per heavy atom. The summed E-state index contributed by atoms with van der Waals surface area (Å²) in [6.07, 6.45) is 3.84. The third kappa shape index (κ3) is 6.88. The van der Waals surface area contributed by atoms with Gasteiger partial charge in [0.2, 0.25) is 6.79 Å². The number of ether oxygens (including phenoxy) is 3. The Bertz CT molecular complexity index is 1020. The molecule has 2 aromatic rings. The summed E-state index contributed by atoms with van der Waals surface area (Å²) in [5.74, 6) is 1.15. The molecule has 1 heterocycles. The molecule has 0 fully saturated rings. The highest BCUT2D eigenvalue weighted by molar-refractivity contribution is 6.06. The van der Waals surface area contributed by atoms with Crippen LogP contribution in [0.3, 0.4) is 0 Å². The quantitative estimate of drug-likeness (QED) is 0.409. The van der Waals surface area contributed by atoms with E-state index in [9.17, 15) is 9.59 Å². The number of unbranched alkanes of at least 4 members (excludes halogenated alkanes) is 2. The molecule has 0 aliphatic carbocycles. The van der Waals surface area contributed by atoms with Crippen molar-refractivity contribution >= 4 is 17.5 Å². The second kappa shape index (κ2) is 13.0. The van der Waals surface area contributed by atoms with Crippen LogP contribution in [0.5, 0.6) is 17.2 Å². The number of hydrogen-bond acceptors (Lipinski definition) is 6. The number of amides is 2. The van der Waals surface area contributed by atoms with Crippen molar-refractivity contribution in [2.75, 3.05) is 45.4 Å². The van der Waals surface area contributed by atoms with Crippen molar-refractivity contribution in [3.8, 4) is 17.2 Å². The molecule has 0 bridgehead atoms. The van der Waals surface area contributed by atoms with Crippen molar-refractivity contribution in [3.05, 3.63) is 47.0 Å². The van der Waals surface area contributed by atoms with Crippen LogP contribution < -0.4 is 24.8 Å². The standard InChI is InChI=1S/C27H37N3O5/c1-5-8-9-10-19-15-21(27(32)28-13-14-30(6-2)7-3)24(33-4)17-22(19)29-26(31)20-11-12-23-25(16-20)35-18-34-23/h11-12,15-17H,5-10,13-14,18H2,1-4H3,(H,28,32)(H,29,31). The van der Waals surface area contributed by atoms with Crippen molar-refractivity contribution < 1.29 is 23.8 Å². The highest BCUT2D eigenvalue weighted by Crippen LogP contribution is 2.33. The topological polar surface area (TPSA) is 89.1 Å². The van der Waals surface area contributed by atoms with Gasteiger partial charge >= 0.3 is 0 Å². The smallest absolute Gasteiger partial charge is 0.255 e. The minimum absolute atomic E-state index is 0.150. The lowest BCUT2D eigenvalue weighted by molar-refractivity contribution is 0.0945. The SMILES string of the molecule is CCCCCc1cc(C(=O)NCCN(CC)CC)c(OC)cc1NC(=O)c1ccc2c(c1)OCO2. The molecule has 8 nitrogen and oxygen atoms in total. The first-order valence-corrected chi connectivity index (χ1v) is 12.4. The summed E-state index contributed by atoms with van der Waals surface area (Å²) in [5.41, 5.74) is 2.48. The number of benzene rings is 2. The number of carbonyl (C=O) groups is 2. The van der Waals surface area contributed by atoms with E-state index in [2.05, 4.69) is 36.3 Å². The largest absolute Gasteiger partial charge is 0.496 e. The Hall–Kier alpha value is -3.26. The minimum Gasteiger partial charge on any atom is -0.496 e. The van der Waals surface area contributed by atoms with Crippen LogP contribution in [0.4, 0.5) is 5.69 Å². The van der Waals surface area contributed by atoms with Gasteiger partial charge in [0.05, 0.1) is 12.7 Å². The molecule has 35 heavy (non-hydrogen) atoms. The predicted molar refractivity (Wildman–Crippen MR) is 137 cm³/mol. The summed E-state index contributed by atoms with van der Waals surface area (Å²) in [6.45, 7) is 9.72. The van der Waals surface area contributed by atoms with Gasteiger partial charge < -0.3 is 29.7 Å². The Morgan fingerprint density at radius 1 is 1.00 bits per heavy atom. The highest BCUT2D eigenvalue weighted by atomic mass is 16.7. The van der Waals surface area contributed by atoms with Crippen LogP contribution >= 0.6 is 0 Å². The van der Waals surface area contributed by atoms with E-state index in [1.807, 2.05) is 6.07 Å². The van der Waals surface area contributed by atoms with Crippen LogP contribution in [-0.2, 0) is 6.42 Å². The Labute approximate surface area is 207 Å². The molecule has 0 unspecified atom stereocenters. The maximum absolute atomic E-state index is 13.0. The average molecular weight is 484 g/mol. The zero-order valence-electron chi connectivity index (χ0n) is 21.2. The number of nitrogens with zero attached hydrogens (tertiary/aromatic N) is 1. The van der Waals surface area contributed by atoms with Crippen LogP contribution in [-0.4, -0.2) is 56.8 Å². The molecule has 2 amide bonds. The lowest BCUT2D eigenvalue weighted by Crippen LogP contribution is -2.35. The van der Waals surface area contributed by atoms with Gasteiger partial charge in [0.15, 0.2) is 11.5 Å². The highest BCUT2D eigenvalue weighted by Gasteiger charge is 2.20.